The third kappa shape index (κ3) is 3.78. The number of nitrogens with zero attached hydrogens (tertiary/aromatic N) is 4. The van der Waals surface area contributed by atoms with Crippen molar-refractivity contribution in [3.63, 3.8) is 0 Å². The maximum Gasteiger partial charge on any atom is 0.340 e. The first-order valence-corrected chi connectivity index (χ1v) is 10.2. The SMILES string of the molecule is Cc1c(Cl)ccc(C(=O)OC(C)C)c1NS(=O)(=O)c1nc2nccc(C)n2n1. The van der Waals surface area contributed by atoms with Gasteiger partial charge in [0.05, 0.1) is 17.4 Å². The van der Waals surface area contributed by atoms with E-state index >= 15 is 0 Å². The molecule has 0 spiro atoms. The molecule has 11 heteroatoms. The Morgan fingerprint density at radius 2 is 1.96 bits per heavy atom. The molecule has 0 bridgehead atoms. The molecule has 0 atom stereocenters. The van der Waals surface area contributed by atoms with E-state index in [1.807, 2.05) is 0 Å². The second-order valence-corrected chi connectivity index (χ2v) is 8.33. The Hall–Kier alpha value is -2.72. The minimum atomic E-state index is -4.22. The van der Waals surface area contributed by atoms with Gasteiger partial charge in [0.2, 0.25) is 0 Å². The normalized spacial score (nSPS) is 11.8. The molecule has 2 aromatic heterocycles. The van der Waals surface area contributed by atoms with Crippen LogP contribution in [0, 0.1) is 13.8 Å². The van der Waals surface area contributed by atoms with Crippen LogP contribution in [-0.2, 0) is 14.8 Å². The summed E-state index contributed by atoms with van der Waals surface area (Å²) in [5, 5.41) is 3.81. The number of ether oxygens (including phenoxy) is 1. The highest BCUT2D eigenvalue weighted by Crippen LogP contribution is 2.30. The lowest BCUT2D eigenvalue weighted by Gasteiger charge is -2.15. The number of esters is 1. The summed E-state index contributed by atoms with van der Waals surface area (Å²) in [6, 6.07) is 4.58. The van der Waals surface area contributed by atoms with Crippen molar-refractivity contribution in [1.29, 1.82) is 0 Å². The van der Waals surface area contributed by atoms with Crippen molar-refractivity contribution in [2.24, 2.45) is 0 Å². The van der Waals surface area contributed by atoms with Crippen molar-refractivity contribution in [1.82, 2.24) is 19.6 Å². The van der Waals surface area contributed by atoms with E-state index in [4.69, 9.17) is 16.3 Å². The molecule has 0 fully saturated rings. The number of aryl methyl sites for hydroxylation is 1. The number of carbonyl (C=O) groups is 1. The van der Waals surface area contributed by atoms with E-state index in [1.54, 1.807) is 33.8 Å². The number of halogens is 1. The number of hydrogen-bond acceptors (Lipinski definition) is 7. The van der Waals surface area contributed by atoms with Gasteiger partial charge in [-0.15, -0.1) is 5.10 Å². The van der Waals surface area contributed by atoms with Gasteiger partial charge in [0.25, 0.3) is 21.0 Å². The van der Waals surface area contributed by atoms with Gasteiger partial charge in [0.1, 0.15) is 0 Å². The number of fused-ring (bicyclic) bond motifs is 1. The molecular weight excluding hydrogens is 406 g/mol. The minimum absolute atomic E-state index is 0.0155. The van der Waals surface area contributed by atoms with Gasteiger partial charge < -0.3 is 4.74 Å². The van der Waals surface area contributed by atoms with Crippen LogP contribution >= 0.6 is 11.6 Å². The maximum absolute atomic E-state index is 12.9. The smallest absolute Gasteiger partial charge is 0.340 e. The van der Waals surface area contributed by atoms with Crippen molar-refractivity contribution < 1.29 is 17.9 Å². The molecule has 0 aliphatic carbocycles. The first kappa shape index (κ1) is 20.0. The lowest BCUT2D eigenvalue weighted by atomic mass is 10.1. The minimum Gasteiger partial charge on any atom is -0.459 e. The van der Waals surface area contributed by atoms with Crippen molar-refractivity contribution in [3.8, 4) is 0 Å². The summed E-state index contributed by atoms with van der Waals surface area (Å²) in [6.07, 6.45) is 1.13. The molecule has 9 nitrogen and oxygen atoms in total. The Morgan fingerprint density at radius 1 is 1.25 bits per heavy atom. The lowest BCUT2D eigenvalue weighted by molar-refractivity contribution is 0.0379. The molecule has 1 aromatic carbocycles. The van der Waals surface area contributed by atoms with Crippen LogP contribution in [-0.4, -0.2) is 40.1 Å². The number of carbonyl (C=O) groups excluding carboxylic acids is 1. The molecule has 0 unspecified atom stereocenters. The van der Waals surface area contributed by atoms with Crippen molar-refractivity contribution in [2.75, 3.05) is 4.72 Å². The molecule has 0 radical (unpaired) electrons. The summed E-state index contributed by atoms with van der Waals surface area (Å²) in [7, 11) is -4.22. The van der Waals surface area contributed by atoms with Crippen LogP contribution in [0.4, 0.5) is 5.69 Å². The average Bonchev–Trinajstić information content (AvgIpc) is 3.05. The van der Waals surface area contributed by atoms with Crippen LogP contribution in [0.5, 0.6) is 0 Å². The highest BCUT2D eigenvalue weighted by Gasteiger charge is 2.26. The van der Waals surface area contributed by atoms with Gasteiger partial charge in [-0.05, 0) is 51.5 Å². The monoisotopic (exact) mass is 423 g/mol. The third-order valence-corrected chi connectivity index (χ3v) is 5.38. The fourth-order valence-electron chi connectivity index (χ4n) is 2.45. The van der Waals surface area contributed by atoms with Crippen LogP contribution in [0.1, 0.15) is 35.5 Å². The molecule has 1 N–H and O–H groups in total. The van der Waals surface area contributed by atoms with Crippen molar-refractivity contribution in [2.45, 2.75) is 39.0 Å². The van der Waals surface area contributed by atoms with Crippen LogP contribution in [0.3, 0.4) is 0 Å². The molecule has 28 heavy (non-hydrogen) atoms. The quantitative estimate of drug-likeness (QED) is 0.627. The summed E-state index contributed by atoms with van der Waals surface area (Å²) < 4.78 is 34.6. The van der Waals surface area contributed by atoms with Crippen molar-refractivity contribution >= 4 is 39.1 Å². The van der Waals surface area contributed by atoms with E-state index in [0.717, 1.165) is 0 Å². The topological polar surface area (TPSA) is 116 Å². The highest BCUT2D eigenvalue weighted by atomic mass is 35.5. The molecule has 148 valence electrons. The Balaban J connectivity index is 2.07. The van der Waals surface area contributed by atoms with E-state index in [1.165, 1.54) is 22.8 Å². The fraction of sp³-hybridized carbons (Fsp3) is 0.294. The summed E-state index contributed by atoms with van der Waals surface area (Å²) in [6.45, 7) is 6.73. The van der Waals surface area contributed by atoms with Gasteiger partial charge in [-0.25, -0.2) is 14.3 Å². The first-order valence-electron chi connectivity index (χ1n) is 8.31. The van der Waals surface area contributed by atoms with E-state index < -0.39 is 21.1 Å². The Morgan fingerprint density at radius 3 is 2.61 bits per heavy atom. The van der Waals surface area contributed by atoms with Gasteiger partial charge >= 0.3 is 5.97 Å². The number of nitrogens with one attached hydrogen (secondary N) is 1. The Kier molecular flexibility index (Phi) is 5.26. The number of hydrogen-bond donors (Lipinski definition) is 1. The van der Waals surface area contributed by atoms with E-state index in [2.05, 4.69) is 19.8 Å². The fourth-order valence-corrected chi connectivity index (χ4v) is 3.62. The van der Waals surface area contributed by atoms with Gasteiger partial charge in [0, 0.05) is 16.9 Å². The number of sulfonamides is 1. The summed E-state index contributed by atoms with van der Waals surface area (Å²) in [5.41, 5.74) is 1.10. The second kappa shape index (κ2) is 7.36. The molecular formula is C17H18ClN5O4S. The Bertz CT molecular complexity index is 1170. The first-order chi connectivity index (χ1) is 13.1. The zero-order valence-electron chi connectivity index (χ0n) is 15.6. The van der Waals surface area contributed by atoms with Crippen LogP contribution in [0.15, 0.2) is 29.6 Å². The summed E-state index contributed by atoms with van der Waals surface area (Å²) >= 11 is 6.12. The lowest BCUT2D eigenvalue weighted by Crippen LogP contribution is -2.20. The van der Waals surface area contributed by atoms with Gasteiger partial charge in [-0.3, -0.25) is 4.72 Å². The summed E-state index contributed by atoms with van der Waals surface area (Å²) in [4.78, 5) is 20.4. The molecule has 3 rings (SSSR count). The highest BCUT2D eigenvalue weighted by molar-refractivity contribution is 7.92. The van der Waals surface area contributed by atoms with Gasteiger partial charge in [-0.2, -0.15) is 13.4 Å². The third-order valence-electron chi connectivity index (χ3n) is 3.85. The van der Waals surface area contributed by atoms with E-state index in [-0.39, 0.29) is 23.1 Å². The predicted octanol–water partition coefficient (Wildman–Crippen LogP) is 2.76. The second-order valence-electron chi connectivity index (χ2n) is 6.35. The number of rotatable bonds is 5. The number of benzene rings is 1. The van der Waals surface area contributed by atoms with Crippen LogP contribution in [0.25, 0.3) is 5.78 Å². The standard InChI is InChI=1S/C17H18ClN5O4S/c1-9(2)27-15(24)12-5-6-13(18)11(4)14(12)22-28(25,26)17-20-16-19-8-7-10(3)23(16)21-17/h5-9,22H,1-4H3. The van der Waals surface area contributed by atoms with Gasteiger partial charge in [0.15, 0.2) is 0 Å². The Labute approximate surface area is 166 Å². The molecule has 0 aliphatic heterocycles. The predicted molar refractivity (Wildman–Crippen MR) is 103 cm³/mol. The molecule has 0 saturated heterocycles. The molecule has 2 heterocycles. The average molecular weight is 424 g/mol. The van der Waals surface area contributed by atoms with Gasteiger partial charge in [-0.1, -0.05) is 11.6 Å². The zero-order valence-corrected chi connectivity index (χ0v) is 17.2. The largest absolute Gasteiger partial charge is 0.459 e. The van der Waals surface area contributed by atoms with Crippen LogP contribution in [0.2, 0.25) is 5.02 Å². The molecule has 0 aliphatic rings. The number of anilines is 1. The van der Waals surface area contributed by atoms with E-state index in [9.17, 15) is 13.2 Å². The van der Waals surface area contributed by atoms with E-state index in [0.29, 0.717) is 16.3 Å². The zero-order chi connectivity index (χ0) is 20.6. The number of aromatic nitrogens is 4. The van der Waals surface area contributed by atoms with Crippen molar-refractivity contribution in [3.05, 3.63) is 46.2 Å². The summed E-state index contributed by atoms with van der Waals surface area (Å²) in [5.74, 6) is -0.532. The molecule has 0 amide bonds. The molecule has 0 saturated carbocycles. The van der Waals surface area contributed by atoms with Crippen LogP contribution < -0.4 is 4.72 Å². The molecule has 3 aromatic rings. The maximum atomic E-state index is 12.9.